The number of rotatable bonds is 0. The summed E-state index contributed by atoms with van der Waals surface area (Å²) in [5, 5.41) is 0. The minimum absolute atomic E-state index is 1.18. The van der Waals surface area contributed by atoms with Gasteiger partial charge in [-0.3, -0.25) is 0 Å². The number of hydrogen-bond acceptors (Lipinski definition) is 0. The second-order valence-electron chi connectivity index (χ2n) is 2.78. The van der Waals surface area contributed by atoms with Crippen LogP contribution in [0.1, 0.15) is 18.1 Å². The molecule has 0 nitrogen and oxygen atoms in total. The van der Waals surface area contributed by atoms with E-state index in [1.807, 2.05) is 0 Å². The minimum atomic E-state index is 1.18. The number of allylic oxidation sites excluding steroid dienone is 1. The molecule has 1 aliphatic rings. The van der Waals surface area contributed by atoms with Crippen molar-refractivity contribution in [1.29, 1.82) is 0 Å². The first kappa shape index (κ1) is 7.11. The van der Waals surface area contributed by atoms with Crippen molar-refractivity contribution in [2.45, 2.75) is 6.92 Å². The van der Waals surface area contributed by atoms with Crippen molar-refractivity contribution in [2.75, 3.05) is 0 Å². The molecular weight excluding hydrogens is 200 g/mol. The Bertz CT molecular complexity index is 324. The van der Waals surface area contributed by atoms with E-state index in [0.717, 1.165) is 0 Å². The average Bonchev–Trinajstić information content (AvgIpc) is 2.31. The van der Waals surface area contributed by atoms with Crippen LogP contribution in [0.5, 0.6) is 0 Å². The molecule has 0 spiro atoms. The maximum absolute atomic E-state index is 3.51. The zero-order valence-corrected chi connectivity index (χ0v) is 7.85. The molecule has 0 amide bonds. The number of hydrogen-bond donors (Lipinski definition) is 0. The van der Waals surface area contributed by atoms with Gasteiger partial charge >= 0.3 is 0 Å². The van der Waals surface area contributed by atoms with Crippen LogP contribution in [0.4, 0.5) is 0 Å². The molecule has 0 saturated carbocycles. The van der Waals surface area contributed by atoms with Crippen LogP contribution in [0.3, 0.4) is 0 Å². The van der Waals surface area contributed by atoms with E-state index >= 15 is 0 Å². The van der Waals surface area contributed by atoms with Crippen molar-refractivity contribution in [1.82, 2.24) is 0 Å². The summed E-state index contributed by atoms with van der Waals surface area (Å²) < 4.78 is 1.18. The van der Waals surface area contributed by atoms with Crippen LogP contribution in [0.2, 0.25) is 0 Å². The summed E-state index contributed by atoms with van der Waals surface area (Å²) in [6.07, 6.45) is 4.39. The van der Waals surface area contributed by atoms with E-state index in [0.29, 0.717) is 0 Å². The molecule has 0 bridgehead atoms. The second-order valence-corrected chi connectivity index (χ2v) is 3.63. The molecule has 0 heterocycles. The predicted octanol–water partition coefficient (Wildman–Crippen LogP) is 3.42. The number of halogens is 1. The van der Waals surface area contributed by atoms with Gasteiger partial charge in [-0.2, -0.15) is 0 Å². The first-order valence-electron chi connectivity index (χ1n) is 3.59. The maximum Gasteiger partial charge on any atom is 0.0250 e. The Morgan fingerprint density at radius 1 is 1.27 bits per heavy atom. The van der Waals surface area contributed by atoms with Crippen LogP contribution in [-0.2, 0) is 0 Å². The third-order valence-corrected chi connectivity index (χ3v) is 2.53. The van der Waals surface area contributed by atoms with Crippen molar-refractivity contribution in [3.05, 3.63) is 45.8 Å². The zero-order chi connectivity index (χ0) is 7.84. The first-order valence-corrected chi connectivity index (χ1v) is 4.38. The molecule has 2 rings (SSSR count). The molecule has 0 fully saturated rings. The molecule has 0 unspecified atom stereocenters. The summed E-state index contributed by atoms with van der Waals surface area (Å²) in [6.45, 7) is 2.12. The maximum atomic E-state index is 3.51. The molecule has 0 N–H and O–H groups in total. The van der Waals surface area contributed by atoms with E-state index in [1.54, 1.807) is 0 Å². The quantitative estimate of drug-likeness (QED) is 0.612. The Morgan fingerprint density at radius 2 is 2.09 bits per heavy atom. The number of fused-ring (bicyclic) bond motifs is 1. The van der Waals surface area contributed by atoms with Crippen LogP contribution >= 0.6 is 15.9 Å². The highest BCUT2D eigenvalue weighted by atomic mass is 79.9. The zero-order valence-electron chi connectivity index (χ0n) is 6.26. The first-order chi connectivity index (χ1) is 5.27. The molecule has 0 saturated heterocycles. The van der Waals surface area contributed by atoms with Crippen LogP contribution in [0.15, 0.2) is 28.2 Å². The van der Waals surface area contributed by atoms with E-state index in [4.69, 9.17) is 0 Å². The third kappa shape index (κ3) is 1.14. The minimum Gasteiger partial charge on any atom is -0.0642 e. The van der Waals surface area contributed by atoms with Crippen molar-refractivity contribution in [2.24, 2.45) is 0 Å². The summed E-state index contributed by atoms with van der Waals surface area (Å²) in [5.74, 6) is 0. The highest BCUT2D eigenvalue weighted by Crippen LogP contribution is 2.31. The molecule has 1 radical (unpaired) electrons. The molecule has 11 heavy (non-hydrogen) atoms. The molecule has 0 atom stereocenters. The summed E-state index contributed by atoms with van der Waals surface area (Å²) in [6, 6.07) is 6.26. The van der Waals surface area contributed by atoms with Gasteiger partial charge < -0.3 is 0 Å². The Hall–Kier alpha value is -0.560. The number of benzene rings is 1. The Labute approximate surface area is 75.1 Å². The summed E-state index contributed by atoms with van der Waals surface area (Å²) in [7, 11) is 0. The molecular formula is C10H8Br. The smallest absolute Gasteiger partial charge is 0.0250 e. The fourth-order valence-corrected chi connectivity index (χ4v) is 1.84. The predicted molar refractivity (Wildman–Crippen MR) is 51.2 cm³/mol. The standard InChI is InChI=1S/C10H8Br/c1-7-5-8-3-2-4-10(11)9(8)6-7/h2-6H,1H3. The Balaban J connectivity index is 2.61. The highest BCUT2D eigenvalue weighted by Gasteiger charge is 2.11. The van der Waals surface area contributed by atoms with Crippen molar-refractivity contribution in [3.63, 3.8) is 0 Å². The van der Waals surface area contributed by atoms with Gasteiger partial charge in [0.2, 0.25) is 0 Å². The molecule has 1 aromatic rings. The van der Waals surface area contributed by atoms with Gasteiger partial charge in [0.25, 0.3) is 0 Å². The monoisotopic (exact) mass is 207 g/mol. The van der Waals surface area contributed by atoms with Gasteiger partial charge in [0, 0.05) is 10.9 Å². The third-order valence-electron chi connectivity index (χ3n) is 1.84. The largest absolute Gasteiger partial charge is 0.0642 e. The normalized spacial score (nSPS) is 14.5. The summed E-state index contributed by atoms with van der Waals surface area (Å²) in [5.41, 5.74) is 3.95. The molecule has 1 aromatic carbocycles. The topological polar surface area (TPSA) is 0 Å². The lowest BCUT2D eigenvalue weighted by Gasteiger charge is -1.98. The fraction of sp³-hybridized carbons (Fsp3) is 0.100. The Kier molecular flexibility index (Phi) is 1.61. The highest BCUT2D eigenvalue weighted by molar-refractivity contribution is 9.10. The van der Waals surface area contributed by atoms with Crippen LogP contribution in [0.25, 0.3) is 6.08 Å². The average molecular weight is 208 g/mol. The van der Waals surface area contributed by atoms with E-state index in [9.17, 15) is 0 Å². The van der Waals surface area contributed by atoms with Crippen LogP contribution in [0, 0.1) is 6.42 Å². The van der Waals surface area contributed by atoms with Crippen LogP contribution in [-0.4, -0.2) is 0 Å². The lowest BCUT2D eigenvalue weighted by atomic mass is 10.1. The molecule has 0 aromatic heterocycles. The van der Waals surface area contributed by atoms with Gasteiger partial charge in [0.05, 0.1) is 0 Å². The van der Waals surface area contributed by atoms with Crippen molar-refractivity contribution in [3.8, 4) is 0 Å². The van der Waals surface area contributed by atoms with Crippen molar-refractivity contribution >= 4 is 22.0 Å². The summed E-state index contributed by atoms with van der Waals surface area (Å²) in [4.78, 5) is 0. The SMILES string of the molecule is CC1=Cc2c(Br)cccc2[CH]1. The van der Waals surface area contributed by atoms with E-state index in [1.165, 1.54) is 21.2 Å². The van der Waals surface area contributed by atoms with Gasteiger partial charge in [0.1, 0.15) is 0 Å². The van der Waals surface area contributed by atoms with Crippen LogP contribution < -0.4 is 0 Å². The van der Waals surface area contributed by atoms with E-state index in [-0.39, 0.29) is 0 Å². The van der Waals surface area contributed by atoms with Gasteiger partial charge in [-0.15, -0.1) is 0 Å². The lowest BCUT2D eigenvalue weighted by Crippen LogP contribution is -1.79. The fourth-order valence-electron chi connectivity index (χ4n) is 1.35. The molecule has 1 heteroatoms. The lowest BCUT2D eigenvalue weighted by molar-refractivity contribution is 1.44. The molecule has 55 valence electrons. The van der Waals surface area contributed by atoms with Gasteiger partial charge in [-0.05, 0) is 24.1 Å². The molecule has 1 aliphatic carbocycles. The molecule has 0 aliphatic heterocycles. The van der Waals surface area contributed by atoms with Gasteiger partial charge in [0.15, 0.2) is 0 Å². The van der Waals surface area contributed by atoms with E-state index < -0.39 is 0 Å². The van der Waals surface area contributed by atoms with E-state index in [2.05, 4.69) is 53.5 Å². The van der Waals surface area contributed by atoms with Crippen molar-refractivity contribution < 1.29 is 0 Å². The van der Waals surface area contributed by atoms with Gasteiger partial charge in [-0.25, -0.2) is 0 Å². The second kappa shape index (κ2) is 2.49. The Morgan fingerprint density at radius 3 is 2.82 bits per heavy atom. The van der Waals surface area contributed by atoms with Gasteiger partial charge in [-0.1, -0.05) is 39.7 Å². The summed E-state index contributed by atoms with van der Waals surface area (Å²) >= 11 is 3.51.